The van der Waals surface area contributed by atoms with E-state index in [4.69, 9.17) is 14.2 Å². The van der Waals surface area contributed by atoms with Gasteiger partial charge in [-0.2, -0.15) is 5.10 Å². The zero-order chi connectivity index (χ0) is 16.7. The summed E-state index contributed by atoms with van der Waals surface area (Å²) >= 11 is 0. The summed E-state index contributed by atoms with van der Waals surface area (Å²) < 4.78 is 15.3. The van der Waals surface area contributed by atoms with Gasteiger partial charge < -0.3 is 24.8 Å². The largest absolute Gasteiger partial charge is 0.493 e. The topological polar surface area (TPSA) is 97.5 Å². The first-order valence-corrected chi connectivity index (χ1v) is 6.95. The number of aromatic amines is 1. The summed E-state index contributed by atoms with van der Waals surface area (Å²) in [5, 5.41) is 12.4. The van der Waals surface area contributed by atoms with Crippen LogP contribution < -0.4 is 20.1 Å². The molecule has 124 valence electrons. The van der Waals surface area contributed by atoms with Gasteiger partial charge in [0, 0.05) is 18.9 Å². The molecule has 2 amide bonds. The summed E-state index contributed by atoms with van der Waals surface area (Å²) in [4.78, 5) is 11.9. The van der Waals surface area contributed by atoms with Gasteiger partial charge in [0.15, 0.2) is 11.5 Å². The van der Waals surface area contributed by atoms with Crippen LogP contribution >= 0.6 is 0 Å². The number of amides is 2. The SMILES string of the molecule is COCc1cc(CNC(=O)Nc2ccc(OC)c(OC)c2)[nH]n1. The van der Waals surface area contributed by atoms with Crippen LogP contribution in [0.15, 0.2) is 24.3 Å². The fourth-order valence-electron chi connectivity index (χ4n) is 1.99. The first-order valence-electron chi connectivity index (χ1n) is 6.95. The highest BCUT2D eigenvalue weighted by molar-refractivity contribution is 5.89. The second-order valence-electron chi connectivity index (χ2n) is 4.69. The minimum absolute atomic E-state index is 0.329. The van der Waals surface area contributed by atoms with E-state index < -0.39 is 0 Å². The molecule has 0 unspecified atom stereocenters. The predicted molar refractivity (Wildman–Crippen MR) is 84.7 cm³/mol. The zero-order valence-corrected chi connectivity index (χ0v) is 13.3. The lowest BCUT2D eigenvalue weighted by Gasteiger charge is -2.11. The van der Waals surface area contributed by atoms with Gasteiger partial charge in [0.25, 0.3) is 0 Å². The molecule has 0 bridgehead atoms. The van der Waals surface area contributed by atoms with E-state index in [1.54, 1.807) is 32.4 Å². The summed E-state index contributed by atoms with van der Waals surface area (Å²) in [5.74, 6) is 1.14. The van der Waals surface area contributed by atoms with E-state index in [0.717, 1.165) is 11.4 Å². The molecule has 3 N–H and O–H groups in total. The third kappa shape index (κ3) is 4.62. The lowest BCUT2D eigenvalue weighted by atomic mass is 10.3. The molecular weight excluding hydrogens is 300 g/mol. The average Bonchev–Trinajstić information content (AvgIpc) is 3.01. The van der Waals surface area contributed by atoms with Gasteiger partial charge in [-0.3, -0.25) is 5.10 Å². The van der Waals surface area contributed by atoms with Crippen molar-refractivity contribution in [3.8, 4) is 11.5 Å². The minimum Gasteiger partial charge on any atom is -0.493 e. The monoisotopic (exact) mass is 320 g/mol. The van der Waals surface area contributed by atoms with Crippen molar-refractivity contribution in [1.29, 1.82) is 0 Å². The molecule has 0 aliphatic rings. The van der Waals surface area contributed by atoms with Crippen LogP contribution in [0.25, 0.3) is 0 Å². The van der Waals surface area contributed by atoms with E-state index in [2.05, 4.69) is 20.8 Å². The number of H-pyrrole nitrogens is 1. The van der Waals surface area contributed by atoms with Crippen LogP contribution in [0.1, 0.15) is 11.4 Å². The molecule has 0 spiro atoms. The van der Waals surface area contributed by atoms with Crippen molar-refractivity contribution in [2.24, 2.45) is 0 Å². The molecule has 8 heteroatoms. The highest BCUT2D eigenvalue weighted by Gasteiger charge is 2.08. The van der Waals surface area contributed by atoms with Crippen molar-refractivity contribution in [2.45, 2.75) is 13.2 Å². The molecule has 0 fully saturated rings. The zero-order valence-electron chi connectivity index (χ0n) is 13.3. The summed E-state index contributed by atoms with van der Waals surface area (Å²) in [6.07, 6.45) is 0. The first kappa shape index (κ1) is 16.6. The van der Waals surface area contributed by atoms with Crippen LogP contribution in [0.3, 0.4) is 0 Å². The van der Waals surface area contributed by atoms with Crippen LogP contribution in [0.2, 0.25) is 0 Å². The molecule has 0 aliphatic heterocycles. The highest BCUT2D eigenvalue weighted by atomic mass is 16.5. The lowest BCUT2D eigenvalue weighted by Crippen LogP contribution is -2.28. The number of nitrogens with zero attached hydrogens (tertiary/aromatic N) is 1. The van der Waals surface area contributed by atoms with Crippen LogP contribution in [0.4, 0.5) is 10.5 Å². The Morgan fingerprint density at radius 2 is 1.96 bits per heavy atom. The van der Waals surface area contributed by atoms with Crippen molar-refractivity contribution in [2.75, 3.05) is 26.6 Å². The third-order valence-corrected chi connectivity index (χ3v) is 3.06. The molecule has 1 heterocycles. The molecule has 1 aromatic carbocycles. The molecule has 0 atom stereocenters. The van der Waals surface area contributed by atoms with Crippen molar-refractivity contribution < 1.29 is 19.0 Å². The average molecular weight is 320 g/mol. The number of urea groups is 1. The first-order chi connectivity index (χ1) is 11.2. The van der Waals surface area contributed by atoms with E-state index in [0.29, 0.717) is 30.3 Å². The van der Waals surface area contributed by atoms with E-state index >= 15 is 0 Å². The number of rotatable bonds is 7. The van der Waals surface area contributed by atoms with Gasteiger partial charge in [-0.15, -0.1) is 0 Å². The number of aromatic nitrogens is 2. The fraction of sp³-hybridized carbons (Fsp3) is 0.333. The van der Waals surface area contributed by atoms with E-state index in [1.807, 2.05) is 6.07 Å². The Morgan fingerprint density at radius 3 is 2.65 bits per heavy atom. The molecule has 0 saturated heterocycles. The number of ether oxygens (including phenoxy) is 3. The smallest absolute Gasteiger partial charge is 0.319 e. The van der Waals surface area contributed by atoms with Gasteiger partial charge in [-0.25, -0.2) is 4.79 Å². The number of hydrogen-bond acceptors (Lipinski definition) is 5. The van der Waals surface area contributed by atoms with Crippen LogP contribution in [0, 0.1) is 0 Å². The summed E-state index contributed by atoms with van der Waals surface area (Å²) in [7, 11) is 4.70. The molecule has 2 rings (SSSR count). The summed E-state index contributed by atoms with van der Waals surface area (Å²) in [5.41, 5.74) is 2.17. The van der Waals surface area contributed by atoms with E-state index in [9.17, 15) is 4.79 Å². The summed E-state index contributed by atoms with van der Waals surface area (Å²) in [6.45, 7) is 0.754. The van der Waals surface area contributed by atoms with Crippen molar-refractivity contribution >= 4 is 11.7 Å². The maximum atomic E-state index is 11.9. The molecule has 1 aromatic heterocycles. The van der Waals surface area contributed by atoms with E-state index in [1.165, 1.54) is 7.11 Å². The third-order valence-electron chi connectivity index (χ3n) is 3.06. The number of nitrogens with one attached hydrogen (secondary N) is 3. The Labute approximate surface area is 134 Å². The van der Waals surface area contributed by atoms with E-state index in [-0.39, 0.29) is 6.03 Å². The lowest BCUT2D eigenvalue weighted by molar-refractivity contribution is 0.181. The molecule has 0 radical (unpaired) electrons. The molecule has 0 aliphatic carbocycles. The normalized spacial score (nSPS) is 10.2. The minimum atomic E-state index is -0.333. The van der Waals surface area contributed by atoms with Crippen LogP contribution in [0.5, 0.6) is 11.5 Å². The summed E-state index contributed by atoms with van der Waals surface area (Å²) in [6, 6.07) is 6.64. The predicted octanol–water partition coefficient (Wildman–Crippen LogP) is 1.89. The van der Waals surface area contributed by atoms with Gasteiger partial charge in [-0.05, 0) is 18.2 Å². The van der Waals surface area contributed by atoms with Gasteiger partial charge in [0.2, 0.25) is 0 Å². The standard InChI is InChI=1S/C15H20N4O4/c1-21-9-12-6-11(18-19-12)8-16-15(20)17-10-4-5-13(22-2)14(7-10)23-3/h4-7H,8-9H2,1-3H3,(H,18,19)(H2,16,17,20). The molecule has 23 heavy (non-hydrogen) atoms. The Bertz CT molecular complexity index is 657. The Hall–Kier alpha value is -2.74. The Morgan fingerprint density at radius 1 is 1.17 bits per heavy atom. The molecule has 2 aromatic rings. The van der Waals surface area contributed by atoms with Gasteiger partial charge in [-0.1, -0.05) is 0 Å². The van der Waals surface area contributed by atoms with Gasteiger partial charge >= 0.3 is 6.03 Å². The van der Waals surface area contributed by atoms with Crippen molar-refractivity contribution in [1.82, 2.24) is 15.5 Å². The fourth-order valence-corrected chi connectivity index (χ4v) is 1.99. The van der Waals surface area contributed by atoms with Gasteiger partial charge in [0.1, 0.15) is 0 Å². The second-order valence-corrected chi connectivity index (χ2v) is 4.69. The van der Waals surface area contributed by atoms with Crippen molar-refractivity contribution in [3.63, 3.8) is 0 Å². The maximum absolute atomic E-state index is 11.9. The van der Waals surface area contributed by atoms with Gasteiger partial charge in [0.05, 0.1) is 38.8 Å². The van der Waals surface area contributed by atoms with Crippen LogP contribution in [-0.4, -0.2) is 37.6 Å². The highest BCUT2D eigenvalue weighted by Crippen LogP contribution is 2.29. The number of anilines is 1. The van der Waals surface area contributed by atoms with Crippen LogP contribution in [-0.2, 0) is 17.9 Å². The van der Waals surface area contributed by atoms with Crippen molar-refractivity contribution in [3.05, 3.63) is 35.7 Å². The Balaban J connectivity index is 1.89. The quantitative estimate of drug-likeness (QED) is 0.724. The number of methoxy groups -OCH3 is 3. The molecule has 0 saturated carbocycles. The number of carbonyl (C=O) groups excluding carboxylic acids is 1. The number of hydrogen-bond donors (Lipinski definition) is 3. The maximum Gasteiger partial charge on any atom is 0.319 e. The molecule has 8 nitrogen and oxygen atoms in total. The Kier molecular flexibility index (Phi) is 5.81. The number of benzene rings is 1. The molecular formula is C15H20N4O4. The second kappa shape index (κ2) is 8.04. The number of carbonyl (C=O) groups is 1.